The second-order valence-electron chi connectivity index (χ2n) is 0. The van der Waals surface area contributed by atoms with Crippen molar-refractivity contribution in [2.75, 3.05) is 0 Å². The van der Waals surface area contributed by atoms with Gasteiger partial charge >= 0.3 is 0 Å². The maximum atomic E-state index is 0. The fourth-order valence-corrected chi connectivity index (χ4v) is 0. The first-order valence-corrected chi connectivity index (χ1v) is 0. The Morgan fingerprint density at radius 3 is 0.429 bits per heavy atom. The molecular weight excluding hydrogens is 183 g/mol. The smallest absolute Gasteiger partial charge is 0 e. The molecule has 0 aliphatic rings. The first-order chi connectivity index (χ1) is 0. The van der Waals surface area contributed by atoms with E-state index in [2.05, 4.69) is 0 Å². The van der Waals surface area contributed by atoms with Crippen molar-refractivity contribution in [1.29, 1.82) is 0 Å². The molecule has 0 bridgehead atoms. The minimum atomic E-state index is 0. The van der Waals surface area contributed by atoms with E-state index >= 15 is 0 Å². The third kappa shape index (κ3) is 146. The molecule has 52 valence electrons. The van der Waals surface area contributed by atoms with Crippen LogP contribution in [-0.4, -0.2) is 21.9 Å². The summed E-state index contributed by atoms with van der Waals surface area (Å²) >= 11 is 0. The van der Waals surface area contributed by atoms with Gasteiger partial charge in [-0.2, -0.15) is 0 Å². The average Bonchev–Trinajstić information content (AvgIpc) is 0. The Morgan fingerprint density at radius 1 is 0.429 bits per heavy atom. The molecule has 0 fully saturated rings. The largest absolute Gasteiger partial charge is 0.412 e. The van der Waals surface area contributed by atoms with Gasteiger partial charge in [0, 0.05) is 21.7 Å². The maximum absolute atomic E-state index is 0. The summed E-state index contributed by atoms with van der Waals surface area (Å²) in [6.45, 7) is 0. The first-order valence-electron chi connectivity index (χ1n) is 0. The second-order valence-corrected chi connectivity index (χ2v) is 0. The minimum Gasteiger partial charge on any atom is -0.412 e. The van der Waals surface area contributed by atoms with Crippen molar-refractivity contribution < 1.29 is 43.6 Å². The summed E-state index contributed by atoms with van der Waals surface area (Å²) in [4.78, 5) is 0. The Kier molecular flexibility index (Phi) is 9590. The summed E-state index contributed by atoms with van der Waals surface area (Å²) in [5, 5.41) is 0. The van der Waals surface area contributed by atoms with E-state index in [0.29, 0.717) is 0 Å². The Morgan fingerprint density at radius 2 is 0.429 bits per heavy atom. The average molecular weight is 193 g/mol. The van der Waals surface area contributed by atoms with Crippen LogP contribution >= 0.6 is 24.8 Å². The summed E-state index contributed by atoms with van der Waals surface area (Å²) in [5.74, 6) is 0. The second kappa shape index (κ2) is 209. The van der Waals surface area contributed by atoms with Crippen molar-refractivity contribution in [3.63, 3.8) is 0 Å². The molecule has 4 nitrogen and oxygen atoms in total. The number of halogens is 2. The van der Waals surface area contributed by atoms with Crippen molar-refractivity contribution in [1.82, 2.24) is 0 Å². The summed E-state index contributed by atoms with van der Waals surface area (Å²) < 4.78 is 0. The van der Waals surface area contributed by atoms with E-state index in [4.69, 9.17) is 0 Å². The Bertz CT molecular complexity index is 9.65. The third-order valence-electron chi connectivity index (χ3n) is 0. The van der Waals surface area contributed by atoms with Gasteiger partial charge in [-0.25, -0.2) is 0 Å². The molecule has 0 unspecified atom stereocenters. The predicted octanol–water partition coefficient (Wildman–Crippen LogP) is -2.46. The van der Waals surface area contributed by atoms with Crippen molar-refractivity contribution in [2.24, 2.45) is 0 Å². The standard InChI is InChI=1S/2ClH.4H2O.Ti/h2*1H;4*1H2;. The zero-order chi connectivity index (χ0) is 0. The van der Waals surface area contributed by atoms with Crippen molar-refractivity contribution >= 4 is 24.8 Å². The van der Waals surface area contributed by atoms with Gasteiger partial charge in [0.25, 0.3) is 0 Å². The van der Waals surface area contributed by atoms with Crippen molar-refractivity contribution in [3.05, 3.63) is 0 Å². The molecule has 7 heavy (non-hydrogen) atoms. The van der Waals surface area contributed by atoms with E-state index < -0.39 is 0 Å². The Labute approximate surface area is 68.6 Å². The molecule has 0 aromatic heterocycles. The molecule has 0 aromatic rings. The fourth-order valence-electron chi connectivity index (χ4n) is 0. The molecular formula is H10Cl2O4Ti. The molecule has 8 N–H and O–H groups in total. The van der Waals surface area contributed by atoms with E-state index in [1.807, 2.05) is 0 Å². The molecule has 0 aliphatic carbocycles. The maximum Gasteiger partial charge on any atom is 0 e. The van der Waals surface area contributed by atoms with Gasteiger partial charge in [-0.05, 0) is 0 Å². The van der Waals surface area contributed by atoms with E-state index in [1.165, 1.54) is 0 Å². The molecule has 0 aliphatic heterocycles. The Balaban J connectivity index is 0. The van der Waals surface area contributed by atoms with Crippen LogP contribution in [0.4, 0.5) is 0 Å². The van der Waals surface area contributed by atoms with Gasteiger partial charge in [0.05, 0.1) is 0 Å². The molecule has 0 amide bonds. The van der Waals surface area contributed by atoms with Crippen LogP contribution in [0.15, 0.2) is 0 Å². The van der Waals surface area contributed by atoms with Crippen molar-refractivity contribution in [2.45, 2.75) is 0 Å². The molecule has 7 heteroatoms. The molecule has 0 radical (unpaired) electrons. The zero-order valence-corrected chi connectivity index (χ0v) is 6.51. The van der Waals surface area contributed by atoms with E-state index in [1.54, 1.807) is 0 Å². The first kappa shape index (κ1) is 322. The van der Waals surface area contributed by atoms with Gasteiger partial charge in [-0.15, -0.1) is 24.8 Å². The number of rotatable bonds is 0. The van der Waals surface area contributed by atoms with Crippen LogP contribution in [0.25, 0.3) is 0 Å². The fraction of sp³-hybridized carbons (Fsp3) is 0. The summed E-state index contributed by atoms with van der Waals surface area (Å²) in [5.41, 5.74) is 0. The summed E-state index contributed by atoms with van der Waals surface area (Å²) in [7, 11) is 0. The van der Waals surface area contributed by atoms with E-state index in [0.717, 1.165) is 0 Å². The molecule has 0 rings (SSSR count). The van der Waals surface area contributed by atoms with E-state index in [9.17, 15) is 0 Å². The van der Waals surface area contributed by atoms with Crippen molar-refractivity contribution in [3.8, 4) is 0 Å². The molecule has 0 saturated heterocycles. The van der Waals surface area contributed by atoms with Crippen LogP contribution in [0.3, 0.4) is 0 Å². The van der Waals surface area contributed by atoms with Gasteiger partial charge in [0.2, 0.25) is 0 Å². The SMILES string of the molecule is Cl.Cl.O.O.O.O.[Ti]. The summed E-state index contributed by atoms with van der Waals surface area (Å²) in [6, 6.07) is 0. The molecule has 0 saturated carbocycles. The normalized spacial score (nSPS) is 0. The van der Waals surface area contributed by atoms with E-state index in [-0.39, 0.29) is 68.4 Å². The van der Waals surface area contributed by atoms with Gasteiger partial charge < -0.3 is 21.9 Å². The Hall–Kier alpha value is 1.13. The van der Waals surface area contributed by atoms with Crippen LogP contribution in [0.2, 0.25) is 0 Å². The van der Waals surface area contributed by atoms with Gasteiger partial charge in [-0.1, -0.05) is 0 Å². The number of hydrogen-bond acceptors (Lipinski definition) is 0. The van der Waals surface area contributed by atoms with Crippen LogP contribution in [0, 0.1) is 0 Å². The monoisotopic (exact) mass is 192 g/mol. The molecule has 0 atom stereocenters. The third-order valence-corrected chi connectivity index (χ3v) is 0. The molecule has 0 heterocycles. The number of hydrogen-bond donors (Lipinski definition) is 0. The zero-order valence-electron chi connectivity index (χ0n) is 3.32. The minimum absolute atomic E-state index is 0. The topological polar surface area (TPSA) is 126 Å². The molecule has 0 spiro atoms. The quantitative estimate of drug-likeness (QED) is 0.378. The molecule has 0 aromatic carbocycles. The summed E-state index contributed by atoms with van der Waals surface area (Å²) in [6.07, 6.45) is 0. The van der Waals surface area contributed by atoms with Gasteiger partial charge in [-0.3, -0.25) is 0 Å². The van der Waals surface area contributed by atoms with Gasteiger partial charge in [0.1, 0.15) is 0 Å². The predicted molar refractivity (Wildman–Crippen MR) is 29.0 cm³/mol. The van der Waals surface area contributed by atoms with Crippen LogP contribution in [0.5, 0.6) is 0 Å². The van der Waals surface area contributed by atoms with Crippen LogP contribution in [-0.2, 0) is 21.7 Å². The van der Waals surface area contributed by atoms with Crippen LogP contribution in [0.1, 0.15) is 0 Å². The van der Waals surface area contributed by atoms with Crippen LogP contribution < -0.4 is 0 Å². The van der Waals surface area contributed by atoms with Gasteiger partial charge in [0.15, 0.2) is 0 Å².